The van der Waals surface area contributed by atoms with Crippen LogP contribution in [-0.4, -0.2) is 15.0 Å². The van der Waals surface area contributed by atoms with E-state index in [0.29, 0.717) is 27.9 Å². The summed E-state index contributed by atoms with van der Waals surface area (Å²) in [5.41, 5.74) is -0.932. The minimum Gasteiger partial charge on any atom is -0.501 e. The summed E-state index contributed by atoms with van der Waals surface area (Å²) in [4.78, 5) is 13.3. The van der Waals surface area contributed by atoms with Gasteiger partial charge in [-0.2, -0.15) is 0 Å². The first-order valence-electron chi connectivity index (χ1n) is 27.8. The maximum absolute atomic E-state index is 14.7. The second-order valence-corrected chi connectivity index (χ2v) is 14.9. The van der Waals surface area contributed by atoms with Gasteiger partial charge in [-0.3, -0.25) is 0 Å². The molecule has 0 atom stereocenters. The normalized spacial score (nSPS) is 16.9. The van der Waals surface area contributed by atoms with Crippen LogP contribution in [-0.2, 0) is 58.3 Å². The molecule has 4 heterocycles. The number of aromatic nitrogens is 3. The molecule has 9 rings (SSSR count). The molecule has 0 saturated heterocycles. The van der Waals surface area contributed by atoms with Crippen LogP contribution in [0.1, 0.15) is 106 Å². The van der Waals surface area contributed by atoms with Crippen LogP contribution in [0, 0.1) is 24.0 Å². The number of halogens is 1. The Morgan fingerprint density at radius 1 is 0.603 bits per heavy atom. The molecule has 0 unspecified atom stereocenters. The minimum absolute atomic E-state index is 0. The van der Waals surface area contributed by atoms with Crippen molar-refractivity contribution in [2.75, 3.05) is 0 Å². The van der Waals surface area contributed by atoms with Gasteiger partial charge in [-0.25, -0.2) is 4.39 Å². The van der Waals surface area contributed by atoms with Gasteiger partial charge in [0.25, 0.3) is 0 Å². The third-order valence-electron chi connectivity index (χ3n) is 10.1. The van der Waals surface area contributed by atoms with Crippen LogP contribution in [0.15, 0.2) is 144 Å². The number of furan rings is 1. The predicted molar refractivity (Wildman–Crippen MR) is 250 cm³/mol. The van der Waals surface area contributed by atoms with E-state index in [1.807, 2.05) is 0 Å². The van der Waals surface area contributed by atoms with Gasteiger partial charge >= 0.3 is 20.1 Å². The number of hydrogen-bond donors (Lipinski definition) is 0. The summed E-state index contributed by atoms with van der Waals surface area (Å²) in [6, 6.07) is 34.0. The molecule has 0 radical (unpaired) electrons. The van der Waals surface area contributed by atoms with Gasteiger partial charge in [0.2, 0.25) is 0 Å². The van der Waals surface area contributed by atoms with E-state index >= 15 is 0 Å². The molecule has 0 spiro atoms. The number of benzene rings is 5. The molecule has 0 bridgehead atoms. The van der Waals surface area contributed by atoms with E-state index in [1.54, 1.807) is 54.6 Å². The molecule has 0 fully saturated rings. The Labute approximate surface area is 406 Å². The van der Waals surface area contributed by atoms with Crippen molar-refractivity contribution >= 4 is 21.9 Å². The zero-order valence-electron chi connectivity index (χ0n) is 50.6. The van der Waals surface area contributed by atoms with Gasteiger partial charge in [0.1, 0.15) is 11.4 Å². The Balaban J connectivity index is 0.00000822. The molecule has 0 N–H and O–H groups in total. The molecule has 63 heavy (non-hydrogen) atoms. The summed E-state index contributed by atoms with van der Waals surface area (Å²) in [6.45, 7) is 5.93. The second kappa shape index (κ2) is 19.5. The summed E-state index contributed by atoms with van der Waals surface area (Å²) < 4.78 is 170. The third kappa shape index (κ3) is 9.94. The number of rotatable bonds is 14. The van der Waals surface area contributed by atoms with Crippen LogP contribution >= 0.6 is 0 Å². The SMILES string of the molecule is [2H]c1cc2oc3c(-c4ccc(C([2H])([2H])C([2H])([2H])c5cc(C([2H])([2H])C([2H])([2H])c6cnc(-c7[c-]cccc7)cc6C([2H])(C)C)cc(C([2H])([2H])C([2H])([2H])c6cnc(-c7[c-]cccc7)cc6C([2H])(C)C)c5)cn4)[c-]ccc3c2c([2H])c1F.[Ir+3]. The molecule has 0 saturated carbocycles. The molecule has 4 aromatic heterocycles. The zero-order valence-corrected chi connectivity index (χ0v) is 37.0. The topological polar surface area (TPSA) is 51.8 Å². The smallest absolute Gasteiger partial charge is 0.501 e. The molecule has 5 aromatic carbocycles. The Bertz CT molecular complexity index is 3630. The predicted octanol–water partition coefficient (Wildman–Crippen LogP) is 13.9. The van der Waals surface area contributed by atoms with E-state index in [0.717, 1.165) is 42.9 Å². The van der Waals surface area contributed by atoms with Gasteiger partial charge in [0.05, 0.1) is 8.32 Å². The van der Waals surface area contributed by atoms with Crippen molar-refractivity contribution in [3.8, 4) is 33.8 Å². The summed E-state index contributed by atoms with van der Waals surface area (Å²) >= 11 is 0. The monoisotopic (exact) mass is 1020 g/mol. The molecule has 0 aliphatic rings. The van der Waals surface area contributed by atoms with Gasteiger partial charge < -0.3 is 19.4 Å². The molecule has 9 aromatic rings. The zero-order chi connectivity index (χ0) is 56.9. The van der Waals surface area contributed by atoms with Crippen LogP contribution in [0.2, 0.25) is 0 Å². The van der Waals surface area contributed by atoms with Crippen molar-refractivity contribution < 1.29 is 50.8 Å². The van der Waals surface area contributed by atoms with Gasteiger partial charge in [0.15, 0.2) is 0 Å². The van der Waals surface area contributed by atoms with Gasteiger partial charge in [-0.1, -0.05) is 81.1 Å². The van der Waals surface area contributed by atoms with E-state index in [2.05, 4.69) is 33.2 Å². The molecule has 4 nitrogen and oxygen atoms in total. The van der Waals surface area contributed by atoms with Crippen LogP contribution in [0.25, 0.3) is 55.7 Å². The summed E-state index contributed by atoms with van der Waals surface area (Å²) in [7, 11) is 0. The Hall–Kier alpha value is -6.07. The largest absolute Gasteiger partial charge is 3.00 e. The minimum atomic E-state index is -3.29. The van der Waals surface area contributed by atoms with Crippen LogP contribution in [0.4, 0.5) is 4.39 Å². The van der Waals surface area contributed by atoms with Gasteiger partial charge in [-0.15, -0.1) is 90.0 Å². The molecule has 0 aliphatic heterocycles. The Morgan fingerprint density at radius 2 is 1.16 bits per heavy atom. The first kappa shape index (κ1) is 27.9. The summed E-state index contributed by atoms with van der Waals surface area (Å²) in [5, 5.41) is 0.433. The number of nitrogens with zero attached hydrogens (tertiary/aromatic N) is 3. The van der Waals surface area contributed by atoms with Crippen LogP contribution in [0.5, 0.6) is 0 Å². The van der Waals surface area contributed by atoms with Crippen molar-refractivity contribution in [3.63, 3.8) is 0 Å². The van der Waals surface area contributed by atoms with E-state index in [1.165, 1.54) is 58.0 Å². The van der Waals surface area contributed by atoms with Crippen molar-refractivity contribution in [2.45, 2.75) is 77.7 Å². The molecular weight excluding hydrogens is 954 g/mol. The van der Waals surface area contributed by atoms with Crippen molar-refractivity contribution in [1.29, 1.82) is 0 Å². The fraction of sp³-hybridized carbons (Fsp3) is 0.211. The Kier molecular flexibility index (Phi) is 8.65. The molecular formula is C57H49FIrN3O. The van der Waals surface area contributed by atoms with Gasteiger partial charge in [-0.05, 0) is 130 Å². The molecule has 0 amide bonds. The van der Waals surface area contributed by atoms with Crippen LogP contribution in [0.3, 0.4) is 0 Å². The Morgan fingerprint density at radius 3 is 1.68 bits per heavy atom. The maximum atomic E-state index is 14.7. The molecule has 0 aliphatic carbocycles. The first-order valence-corrected chi connectivity index (χ1v) is 19.8. The van der Waals surface area contributed by atoms with Crippen molar-refractivity contribution in [2.24, 2.45) is 0 Å². The van der Waals surface area contributed by atoms with Crippen molar-refractivity contribution in [1.82, 2.24) is 15.0 Å². The van der Waals surface area contributed by atoms with E-state index in [9.17, 15) is 20.8 Å². The number of hydrogen-bond acceptors (Lipinski definition) is 4. The fourth-order valence-corrected chi connectivity index (χ4v) is 7.00. The fourth-order valence-electron chi connectivity index (χ4n) is 7.00. The van der Waals surface area contributed by atoms with Gasteiger partial charge in [0, 0.05) is 43.2 Å². The average molecular weight is 1020 g/mol. The average Bonchev–Trinajstić information content (AvgIpc) is 3.88. The van der Waals surface area contributed by atoms with Crippen LogP contribution < -0.4 is 0 Å². The van der Waals surface area contributed by atoms with E-state index in [-0.39, 0.29) is 75.7 Å². The molecule has 6 heteroatoms. The number of aryl methyl sites for hydroxylation is 6. The quantitative estimate of drug-likeness (QED) is 0.102. The first-order chi connectivity index (χ1) is 36.2. The standard InChI is InChI=1S/C57H49FN3O.Ir/c1-37(2)50-32-54(43-12-7-5-8-13-43)60-35-45(50)23-20-41-28-40(29-42(30-41)21-24-46-36-61-55(33-51(46)38(3)4)44-14-9-6-10-15-44)19-18-39-22-26-53(59-34-39)49-17-11-16-48-52-31-47(58)25-27-56(52)62-57(48)49;/h5-12,14,16,22,25-38H,18-21,23-24H2,1-4H3;/q-3;+3/i18D2,19D2,20D2,21D2,23D2,24D2,25D,31D,37D,38D;. The summed E-state index contributed by atoms with van der Waals surface area (Å²) in [5.74, 6) is -4.18. The van der Waals surface area contributed by atoms with E-state index < -0.39 is 84.6 Å². The number of fused-ring (bicyclic) bond motifs is 3. The van der Waals surface area contributed by atoms with E-state index in [4.69, 9.17) is 9.90 Å². The number of pyridine rings is 3. The third-order valence-corrected chi connectivity index (χ3v) is 10.1. The summed E-state index contributed by atoms with van der Waals surface area (Å²) in [6.07, 6.45) is -16.0. The second-order valence-electron chi connectivity index (χ2n) is 14.9. The molecule has 314 valence electrons. The van der Waals surface area contributed by atoms with Crippen molar-refractivity contribution in [3.05, 3.63) is 208 Å². The maximum Gasteiger partial charge on any atom is 3.00 e.